The molecule has 7 nitrogen and oxygen atoms in total. The number of rotatable bonds is 7. The molecule has 1 aromatic heterocycles. The smallest absolute Gasteiger partial charge is 0.267 e. The number of pyridine rings is 1. The second kappa shape index (κ2) is 10.1. The maximum absolute atomic E-state index is 12.5. The Kier molecular flexibility index (Phi) is 6.75. The second-order valence-corrected chi connectivity index (χ2v) is 8.28. The molecule has 1 heterocycles. The van der Waals surface area contributed by atoms with Crippen molar-refractivity contribution in [1.29, 1.82) is 0 Å². The van der Waals surface area contributed by atoms with Crippen LogP contribution < -0.4 is 5.43 Å². The van der Waals surface area contributed by atoms with E-state index < -0.39 is 4.92 Å². The van der Waals surface area contributed by atoms with Gasteiger partial charge in [-0.3, -0.25) is 19.9 Å². The highest BCUT2D eigenvalue weighted by molar-refractivity contribution is 7.98. The molecule has 0 aliphatic heterocycles. The number of carbonyl (C=O) groups is 1. The lowest BCUT2D eigenvalue weighted by molar-refractivity contribution is -0.384. The monoisotopic (exact) mass is 456 g/mol. The van der Waals surface area contributed by atoms with Crippen molar-refractivity contribution in [1.82, 2.24) is 10.4 Å². The van der Waals surface area contributed by atoms with Gasteiger partial charge in [0.2, 0.25) is 0 Å². The van der Waals surface area contributed by atoms with Crippen molar-refractivity contribution < 1.29 is 9.72 Å². The summed E-state index contributed by atoms with van der Waals surface area (Å²) in [7, 11) is 0. The highest BCUT2D eigenvalue weighted by Gasteiger charge is 2.09. The number of para-hydroxylation sites is 1. The van der Waals surface area contributed by atoms with Gasteiger partial charge in [-0.1, -0.05) is 42.5 Å². The molecule has 33 heavy (non-hydrogen) atoms. The van der Waals surface area contributed by atoms with Gasteiger partial charge in [0.1, 0.15) is 0 Å². The van der Waals surface area contributed by atoms with Crippen molar-refractivity contribution in [3.8, 4) is 0 Å². The van der Waals surface area contributed by atoms with Crippen molar-refractivity contribution >= 4 is 40.0 Å². The molecule has 8 heteroatoms. The van der Waals surface area contributed by atoms with E-state index in [0.29, 0.717) is 16.8 Å². The van der Waals surface area contributed by atoms with Crippen LogP contribution in [0.4, 0.5) is 5.69 Å². The van der Waals surface area contributed by atoms with Gasteiger partial charge in [0.15, 0.2) is 0 Å². The predicted molar refractivity (Wildman–Crippen MR) is 131 cm³/mol. The van der Waals surface area contributed by atoms with Crippen LogP contribution >= 0.6 is 11.8 Å². The molecule has 1 amide bonds. The zero-order chi connectivity index (χ0) is 23.2. The summed E-state index contributed by atoms with van der Waals surface area (Å²) in [6, 6.07) is 23.6. The van der Waals surface area contributed by atoms with E-state index in [4.69, 9.17) is 0 Å². The Morgan fingerprint density at radius 1 is 1.03 bits per heavy atom. The quantitative estimate of drug-likeness (QED) is 0.169. The van der Waals surface area contributed by atoms with Gasteiger partial charge in [0.25, 0.3) is 11.6 Å². The number of non-ortho nitro benzene ring substituents is 1. The Morgan fingerprint density at radius 3 is 2.58 bits per heavy atom. The van der Waals surface area contributed by atoms with E-state index in [-0.39, 0.29) is 11.6 Å². The standard InChI is InChI=1S/C25H20N4O3S/c1-17(21-6-2-8-22(15-21)29(31)32)27-28-25(30)20-12-10-18(11-13-20)16-33-23-9-3-5-19-7-4-14-26-24(19)23/h2-15H,16H2,1H3,(H,28,30). The number of nitro benzene ring substituents is 1. The number of hydrogen-bond acceptors (Lipinski definition) is 6. The van der Waals surface area contributed by atoms with E-state index in [2.05, 4.69) is 21.6 Å². The minimum Gasteiger partial charge on any atom is -0.267 e. The SMILES string of the molecule is CC(=NNC(=O)c1ccc(CSc2cccc3cccnc23)cc1)c1cccc([N+](=O)[O-])c1. The average Bonchev–Trinajstić information content (AvgIpc) is 2.86. The Hall–Kier alpha value is -4.04. The van der Waals surface area contributed by atoms with Gasteiger partial charge < -0.3 is 0 Å². The van der Waals surface area contributed by atoms with Gasteiger partial charge in [0, 0.05) is 45.5 Å². The van der Waals surface area contributed by atoms with Crippen LogP contribution in [0.25, 0.3) is 10.9 Å². The third-order valence-corrected chi connectivity index (χ3v) is 6.12. The second-order valence-electron chi connectivity index (χ2n) is 7.26. The number of amides is 1. The van der Waals surface area contributed by atoms with Crippen LogP contribution in [0.2, 0.25) is 0 Å². The number of carbonyl (C=O) groups excluding carboxylic acids is 1. The van der Waals surface area contributed by atoms with Crippen molar-refractivity contribution in [3.63, 3.8) is 0 Å². The van der Waals surface area contributed by atoms with Gasteiger partial charge >= 0.3 is 0 Å². The molecule has 0 atom stereocenters. The normalized spacial score (nSPS) is 11.4. The molecule has 0 aliphatic rings. The summed E-state index contributed by atoms with van der Waals surface area (Å²) in [5.41, 5.74) is 6.07. The maximum atomic E-state index is 12.5. The van der Waals surface area contributed by atoms with Gasteiger partial charge in [-0.25, -0.2) is 5.43 Å². The summed E-state index contributed by atoms with van der Waals surface area (Å²) < 4.78 is 0. The fourth-order valence-electron chi connectivity index (χ4n) is 3.21. The van der Waals surface area contributed by atoms with Gasteiger partial charge in [-0.05, 0) is 36.8 Å². The molecule has 0 fully saturated rings. The maximum Gasteiger partial charge on any atom is 0.271 e. The van der Waals surface area contributed by atoms with E-state index in [1.807, 2.05) is 36.4 Å². The molecule has 0 saturated heterocycles. The summed E-state index contributed by atoms with van der Waals surface area (Å²) in [5.74, 6) is 0.402. The number of nitrogens with zero attached hydrogens (tertiary/aromatic N) is 3. The van der Waals surface area contributed by atoms with Crippen LogP contribution in [-0.4, -0.2) is 21.5 Å². The summed E-state index contributed by atoms with van der Waals surface area (Å²) in [4.78, 5) is 28.5. The molecule has 0 bridgehead atoms. The van der Waals surface area contributed by atoms with E-state index in [9.17, 15) is 14.9 Å². The average molecular weight is 457 g/mol. The molecule has 0 aliphatic carbocycles. The highest BCUT2D eigenvalue weighted by atomic mass is 32.2. The summed E-state index contributed by atoms with van der Waals surface area (Å²) in [6.45, 7) is 1.68. The Morgan fingerprint density at radius 2 is 1.79 bits per heavy atom. The number of fused-ring (bicyclic) bond motifs is 1. The molecule has 1 N–H and O–H groups in total. The fraction of sp³-hybridized carbons (Fsp3) is 0.0800. The highest BCUT2D eigenvalue weighted by Crippen LogP contribution is 2.29. The number of thioether (sulfide) groups is 1. The van der Waals surface area contributed by atoms with Crippen LogP contribution in [0.5, 0.6) is 0 Å². The Labute approximate surface area is 194 Å². The molecule has 0 spiro atoms. The number of nitrogens with one attached hydrogen (secondary N) is 1. The lowest BCUT2D eigenvalue weighted by Gasteiger charge is -2.07. The lowest BCUT2D eigenvalue weighted by Crippen LogP contribution is -2.19. The molecule has 0 unspecified atom stereocenters. The third-order valence-electron chi connectivity index (χ3n) is 5.01. The summed E-state index contributed by atoms with van der Waals surface area (Å²) >= 11 is 1.70. The number of aromatic nitrogens is 1. The Bertz CT molecular complexity index is 1350. The van der Waals surface area contributed by atoms with Crippen LogP contribution in [0.1, 0.15) is 28.4 Å². The first-order chi connectivity index (χ1) is 16.0. The van der Waals surface area contributed by atoms with Crippen molar-refractivity contribution in [2.45, 2.75) is 17.6 Å². The van der Waals surface area contributed by atoms with E-state index in [1.54, 1.807) is 49.1 Å². The van der Waals surface area contributed by atoms with Gasteiger partial charge in [0.05, 0.1) is 16.2 Å². The largest absolute Gasteiger partial charge is 0.271 e. The molecular formula is C25H20N4O3S. The van der Waals surface area contributed by atoms with Crippen molar-refractivity contribution in [2.24, 2.45) is 5.10 Å². The number of hydrogen-bond donors (Lipinski definition) is 1. The third kappa shape index (κ3) is 5.42. The zero-order valence-corrected chi connectivity index (χ0v) is 18.6. The lowest BCUT2D eigenvalue weighted by atomic mass is 10.1. The molecule has 4 rings (SSSR count). The van der Waals surface area contributed by atoms with Crippen molar-refractivity contribution in [2.75, 3.05) is 0 Å². The molecule has 164 valence electrons. The van der Waals surface area contributed by atoms with Gasteiger partial charge in [-0.15, -0.1) is 11.8 Å². The van der Waals surface area contributed by atoms with E-state index >= 15 is 0 Å². The van der Waals surface area contributed by atoms with Gasteiger partial charge in [-0.2, -0.15) is 5.10 Å². The first-order valence-electron chi connectivity index (χ1n) is 10.2. The van der Waals surface area contributed by atoms with E-state index in [0.717, 1.165) is 27.1 Å². The Balaban J connectivity index is 1.38. The summed E-state index contributed by atoms with van der Waals surface area (Å²) in [6.07, 6.45) is 1.79. The topological polar surface area (TPSA) is 97.5 Å². The molecular weight excluding hydrogens is 436 g/mol. The minimum atomic E-state index is -0.466. The first-order valence-corrected chi connectivity index (χ1v) is 11.1. The molecule has 0 saturated carbocycles. The predicted octanol–water partition coefficient (Wildman–Crippen LogP) is 5.59. The molecule has 0 radical (unpaired) electrons. The number of nitro groups is 1. The number of hydrazone groups is 1. The van der Waals surface area contributed by atoms with Crippen LogP contribution in [-0.2, 0) is 5.75 Å². The minimum absolute atomic E-state index is 0.0267. The summed E-state index contributed by atoms with van der Waals surface area (Å²) in [5, 5.41) is 16.1. The first kappa shape index (κ1) is 22.2. The fourth-order valence-corrected chi connectivity index (χ4v) is 4.21. The molecule has 4 aromatic rings. The zero-order valence-electron chi connectivity index (χ0n) is 17.8. The van der Waals surface area contributed by atoms with Crippen LogP contribution in [0.15, 0.2) is 95.1 Å². The number of benzene rings is 3. The molecule has 3 aromatic carbocycles. The van der Waals surface area contributed by atoms with Crippen molar-refractivity contribution in [3.05, 3.63) is 112 Å². The van der Waals surface area contributed by atoms with Crippen LogP contribution in [0.3, 0.4) is 0 Å². The van der Waals surface area contributed by atoms with E-state index in [1.165, 1.54) is 12.1 Å². The van der Waals surface area contributed by atoms with Crippen LogP contribution in [0, 0.1) is 10.1 Å².